The van der Waals surface area contributed by atoms with E-state index >= 15 is 0 Å². The predicted molar refractivity (Wildman–Crippen MR) is 256 cm³/mol. The topological polar surface area (TPSA) is 165 Å². The summed E-state index contributed by atoms with van der Waals surface area (Å²) in [6.07, 6.45) is 13.9. The Morgan fingerprint density at radius 2 is 1.72 bits per heavy atom. The Morgan fingerprint density at radius 1 is 0.985 bits per heavy atom. The minimum Gasteiger partial charge on any atom is -0.491 e. The minimum atomic E-state index is -1.66. The lowest BCUT2D eigenvalue weighted by Gasteiger charge is -2.52. The maximum Gasteiger partial charge on any atom is 0.246 e. The van der Waals surface area contributed by atoms with Crippen LogP contribution in [0, 0.1) is 5.92 Å². The molecule has 1 aromatic heterocycles. The first-order valence-corrected chi connectivity index (χ1v) is 23.2. The van der Waals surface area contributed by atoms with Crippen LogP contribution in [0.4, 0.5) is 5.95 Å². The molecule has 5 unspecified atom stereocenters. The van der Waals surface area contributed by atoms with E-state index in [-0.39, 0.29) is 38.7 Å². The van der Waals surface area contributed by atoms with Crippen molar-refractivity contribution in [2.75, 3.05) is 44.8 Å². The number of aldehydes is 1. The molecule has 1 amide bonds. The maximum atomic E-state index is 14.5. The summed E-state index contributed by atoms with van der Waals surface area (Å²) in [6.45, 7) is 21.5. The Balaban J connectivity index is 1.59. The van der Waals surface area contributed by atoms with Gasteiger partial charge in [-0.15, -0.1) is 0 Å². The predicted octanol–water partition coefficient (Wildman–Crippen LogP) is 8.16. The maximum absolute atomic E-state index is 14.5. The Morgan fingerprint density at radius 3 is 2.42 bits per heavy atom. The van der Waals surface area contributed by atoms with Gasteiger partial charge in [0.1, 0.15) is 29.5 Å². The second-order valence-electron chi connectivity index (χ2n) is 19.1. The largest absolute Gasteiger partial charge is 0.491 e. The first-order valence-electron chi connectivity index (χ1n) is 23.2. The number of nitrogens with zero attached hydrogens (tertiary/aromatic N) is 2. The standard InChI is InChI=1S/C52H69N5O8/c1-11-40-49(8,9)65-51(31-60,24-20-34(6)47(61)54-26-29-59)52(40)42-35(7)57-39-17-13-12-16-38(39)55-48(57)56-43(42)41-45(62-30-27-53-25-28-58)37-21-23-50(10,22-14-15-32(2)3)63-44(37)36(46(41)64-52)19-18-33(4)5/h12-13,15-18,20-21,23,31,35,40,53,58-59H,11,14,19,22,24-30H2,1-10H3,(H,54,61)(H,55,56)/b34-20-. The van der Waals surface area contributed by atoms with Gasteiger partial charge in [-0.2, -0.15) is 0 Å². The van der Waals surface area contributed by atoms with E-state index in [0.29, 0.717) is 60.3 Å². The molecule has 5 heterocycles. The molecule has 0 aliphatic carbocycles. The van der Waals surface area contributed by atoms with E-state index in [2.05, 4.69) is 99.4 Å². The number of aliphatic hydroxyl groups is 2. The zero-order valence-corrected chi connectivity index (χ0v) is 39.9. The number of fused-ring (bicyclic) bond motifs is 7. The third-order valence-corrected chi connectivity index (χ3v) is 13.4. The smallest absolute Gasteiger partial charge is 0.246 e. The molecule has 0 saturated carbocycles. The molecular formula is C52H69N5O8. The number of allylic oxidation sites excluding steroid dienone is 4. The van der Waals surface area contributed by atoms with Crippen molar-refractivity contribution in [2.24, 2.45) is 5.92 Å². The Labute approximate surface area is 384 Å². The number of anilines is 1. The molecule has 4 aliphatic rings. The van der Waals surface area contributed by atoms with E-state index < -0.39 is 34.4 Å². The number of para-hydroxylation sites is 2. The first-order chi connectivity index (χ1) is 31.0. The number of aliphatic hydroxyl groups excluding tert-OH is 2. The fourth-order valence-corrected chi connectivity index (χ4v) is 10.5. The van der Waals surface area contributed by atoms with Gasteiger partial charge in [-0.3, -0.25) is 9.59 Å². The molecule has 13 heteroatoms. The highest BCUT2D eigenvalue weighted by Crippen LogP contribution is 2.66. The highest BCUT2D eigenvalue weighted by molar-refractivity contribution is 5.96. The van der Waals surface area contributed by atoms with Crippen molar-refractivity contribution >= 4 is 40.9 Å². The Bertz CT molecular complexity index is 2470. The number of benzene rings is 2. The molecule has 5 N–H and O–H groups in total. The summed E-state index contributed by atoms with van der Waals surface area (Å²) >= 11 is 0. The summed E-state index contributed by atoms with van der Waals surface area (Å²) < 4.78 is 31.6. The van der Waals surface area contributed by atoms with E-state index in [4.69, 9.17) is 23.9 Å². The van der Waals surface area contributed by atoms with Crippen LogP contribution in [-0.2, 0) is 20.7 Å². The van der Waals surface area contributed by atoms with Gasteiger partial charge < -0.3 is 49.7 Å². The summed E-state index contributed by atoms with van der Waals surface area (Å²) in [6, 6.07) is 7.59. The van der Waals surface area contributed by atoms with Crippen LogP contribution in [0.5, 0.6) is 17.2 Å². The SMILES string of the molecule is CCC1C(C)(C)OC(C=O)(C/C=C(/C)C(=O)NCCO)C12Oc1c(CC=C(C)C)c3c(c(OCCNCCO)c1C1=C2C(C)n2c(nc4ccccc42)N1)C=CC(C)(CCC=C(C)C)O3. The van der Waals surface area contributed by atoms with Crippen LogP contribution in [0.25, 0.3) is 22.8 Å². The number of aromatic nitrogens is 2. The quantitative estimate of drug-likeness (QED) is 0.0362. The van der Waals surface area contributed by atoms with Crippen molar-refractivity contribution < 1.29 is 38.7 Å². The minimum absolute atomic E-state index is 0.00171. The third kappa shape index (κ3) is 8.56. The van der Waals surface area contributed by atoms with Crippen LogP contribution >= 0.6 is 0 Å². The van der Waals surface area contributed by atoms with Gasteiger partial charge in [0, 0.05) is 48.7 Å². The lowest BCUT2D eigenvalue weighted by Crippen LogP contribution is -2.63. The lowest BCUT2D eigenvalue weighted by molar-refractivity contribution is -0.152. The van der Waals surface area contributed by atoms with Crippen LogP contribution in [0.15, 0.2) is 70.9 Å². The Kier molecular flexibility index (Phi) is 13.9. The van der Waals surface area contributed by atoms with E-state index in [1.165, 1.54) is 5.57 Å². The second-order valence-corrected chi connectivity index (χ2v) is 19.1. The Hall–Kier alpha value is -5.21. The molecule has 7 rings (SSSR count). The molecule has 4 aliphatic heterocycles. The molecule has 13 nitrogen and oxygen atoms in total. The van der Waals surface area contributed by atoms with Crippen LogP contribution in [0.2, 0.25) is 0 Å². The van der Waals surface area contributed by atoms with E-state index in [1.54, 1.807) is 13.0 Å². The number of hydrogen-bond donors (Lipinski definition) is 5. The molecule has 5 atom stereocenters. The van der Waals surface area contributed by atoms with Gasteiger partial charge in [0.15, 0.2) is 17.5 Å². The number of hydrogen-bond acceptors (Lipinski definition) is 11. The molecule has 65 heavy (non-hydrogen) atoms. The van der Waals surface area contributed by atoms with Crippen molar-refractivity contribution in [1.29, 1.82) is 0 Å². The zero-order chi connectivity index (χ0) is 46.9. The molecule has 0 radical (unpaired) electrons. The number of carbonyl (C=O) groups is 2. The number of imidazole rings is 1. The molecule has 350 valence electrons. The van der Waals surface area contributed by atoms with Gasteiger partial charge in [0.25, 0.3) is 0 Å². The number of carbonyl (C=O) groups excluding carboxylic acids is 2. The molecule has 1 saturated heterocycles. The monoisotopic (exact) mass is 892 g/mol. The number of rotatable bonds is 18. The summed E-state index contributed by atoms with van der Waals surface area (Å²) in [4.78, 5) is 33.0. The average molecular weight is 892 g/mol. The molecular weight excluding hydrogens is 823 g/mol. The summed E-state index contributed by atoms with van der Waals surface area (Å²) in [5.74, 6) is 1.63. The van der Waals surface area contributed by atoms with Crippen LogP contribution < -0.4 is 30.2 Å². The van der Waals surface area contributed by atoms with E-state index in [9.17, 15) is 19.8 Å². The van der Waals surface area contributed by atoms with Gasteiger partial charge in [0.2, 0.25) is 11.9 Å². The molecule has 1 spiro atoms. The summed E-state index contributed by atoms with van der Waals surface area (Å²) in [5.41, 5.74) is 3.60. The summed E-state index contributed by atoms with van der Waals surface area (Å²) in [7, 11) is 0. The summed E-state index contributed by atoms with van der Waals surface area (Å²) in [5, 5.41) is 28.9. The van der Waals surface area contributed by atoms with Gasteiger partial charge in [-0.05, 0) is 112 Å². The van der Waals surface area contributed by atoms with E-state index in [1.807, 2.05) is 32.0 Å². The molecule has 1 fully saturated rings. The molecule has 3 aromatic rings. The van der Waals surface area contributed by atoms with Gasteiger partial charge in [-0.1, -0.05) is 48.4 Å². The van der Waals surface area contributed by atoms with Crippen LogP contribution in [-0.4, -0.2) is 93.8 Å². The van der Waals surface area contributed by atoms with Crippen molar-refractivity contribution in [3.8, 4) is 17.2 Å². The van der Waals surface area contributed by atoms with Crippen LogP contribution in [0.1, 0.15) is 118 Å². The van der Waals surface area contributed by atoms with Crippen molar-refractivity contribution in [2.45, 2.75) is 130 Å². The normalized spacial score (nSPS) is 24.8. The van der Waals surface area contributed by atoms with Gasteiger partial charge >= 0.3 is 0 Å². The third-order valence-electron chi connectivity index (χ3n) is 13.4. The first kappa shape index (κ1) is 47.7. The highest BCUT2D eigenvalue weighted by atomic mass is 16.6. The second kappa shape index (κ2) is 18.9. The fourth-order valence-electron chi connectivity index (χ4n) is 10.5. The number of ether oxygens (including phenoxy) is 4. The highest BCUT2D eigenvalue weighted by Gasteiger charge is 2.74. The zero-order valence-electron chi connectivity index (χ0n) is 39.9. The van der Waals surface area contributed by atoms with Crippen molar-refractivity contribution in [1.82, 2.24) is 20.2 Å². The van der Waals surface area contributed by atoms with Crippen molar-refractivity contribution in [3.63, 3.8) is 0 Å². The van der Waals surface area contributed by atoms with Gasteiger partial charge in [0.05, 0.1) is 52.7 Å². The number of nitrogens with one attached hydrogen (secondary N) is 3. The average Bonchev–Trinajstić information content (AvgIpc) is 3.73. The fraction of sp³-hybridized carbons (Fsp3) is 0.519. The lowest BCUT2D eigenvalue weighted by atomic mass is 9.62. The molecule has 2 aromatic carbocycles. The van der Waals surface area contributed by atoms with Crippen LogP contribution in [0.3, 0.4) is 0 Å². The number of amides is 1. The van der Waals surface area contributed by atoms with E-state index in [0.717, 1.165) is 58.1 Å². The molecule has 0 bridgehead atoms. The van der Waals surface area contributed by atoms with Crippen molar-refractivity contribution in [3.05, 3.63) is 87.6 Å². The van der Waals surface area contributed by atoms with Gasteiger partial charge in [-0.25, -0.2) is 4.98 Å².